The summed E-state index contributed by atoms with van der Waals surface area (Å²) in [5.74, 6) is 1.08. The van der Waals surface area contributed by atoms with Gasteiger partial charge in [0.2, 0.25) is 0 Å². The SMILES string of the molecule is CCC(C)OCCCNCCCc1ncc[nH]1. The highest BCUT2D eigenvalue weighted by atomic mass is 16.5. The lowest BCUT2D eigenvalue weighted by Crippen LogP contribution is -2.19. The first-order valence-corrected chi connectivity index (χ1v) is 6.63. The number of nitrogens with one attached hydrogen (secondary N) is 2. The van der Waals surface area contributed by atoms with Gasteiger partial charge in [-0.05, 0) is 39.3 Å². The lowest BCUT2D eigenvalue weighted by molar-refractivity contribution is 0.0621. The number of H-pyrrole nitrogens is 1. The van der Waals surface area contributed by atoms with Gasteiger partial charge in [-0.1, -0.05) is 6.92 Å². The number of ether oxygens (including phenoxy) is 1. The van der Waals surface area contributed by atoms with E-state index < -0.39 is 0 Å². The van der Waals surface area contributed by atoms with Gasteiger partial charge in [-0.15, -0.1) is 0 Å². The average molecular weight is 239 g/mol. The number of aromatic amines is 1. The summed E-state index contributed by atoms with van der Waals surface area (Å²) in [4.78, 5) is 7.30. The number of aryl methyl sites for hydroxylation is 1. The van der Waals surface area contributed by atoms with Crippen molar-refractivity contribution in [2.24, 2.45) is 0 Å². The quantitative estimate of drug-likeness (QED) is 0.615. The molecule has 0 aliphatic rings. The Bertz CT molecular complexity index is 262. The first-order valence-electron chi connectivity index (χ1n) is 6.63. The number of imidazole rings is 1. The van der Waals surface area contributed by atoms with Crippen LogP contribution in [0.3, 0.4) is 0 Å². The van der Waals surface area contributed by atoms with Crippen LogP contribution in [0.5, 0.6) is 0 Å². The molecule has 0 amide bonds. The Morgan fingerprint density at radius 2 is 2.24 bits per heavy atom. The molecule has 4 nitrogen and oxygen atoms in total. The fourth-order valence-corrected chi connectivity index (χ4v) is 1.54. The predicted octanol–water partition coefficient (Wildman–Crippen LogP) is 2.14. The fraction of sp³-hybridized carbons (Fsp3) is 0.769. The molecule has 0 fully saturated rings. The van der Waals surface area contributed by atoms with Crippen LogP contribution in [0.2, 0.25) is 0 Å². The summed E-state index contributed by atoms with van der Waals surface area (Å²) in [6.07, 6.45) is 8.39. The summed E-state index contributed by atoms with van der Waals surface area (Å²) in [7, 11) is 0. The number of nitrogens with zero attached hydrogens (tertiary/aromatic N) is 1. The van der Waals surface area contributed by atoms with Gasteiger partial charge in [-0.2, -0.15) is 0 Å². The first-order chi connectivity index (χ1) is 8.33. The van der Waals surface area contributed by atoms with Crippen LogP contribution < -0.4 is 5.32 Å². The van der Waals surface area contributed by atoms with Crippen molar-refractivity contribution in [2.75, 3.05) is 19.7 Å². The van der Waals surface area contributed by atoms with E-state index in [0.717, 1.165) is 51.2 Å². The zero-order valence-corrected chi connectivity index (χ0v) is 11.0. The Morgan fingerprint density at radius 1 is 1.41 bits per heavy atom. The molecule has 17 heavy (non-hydrogen) atoms. The molecule has 0 saturated heterocycles. The van der Waals surface area contributed by atoms with Gasteiger partial charge in [0.1, 0.15) is 5.82 Å². The van der Waals surface area contributed by atoms with E-state index in [1.807, 2.05) is 6.20 Å². The summed E-state index contributed by atoms with van der Waals surface area (Å²) < 4.78 is 5.60. The van der Waals surface area contributed by atoms with Gasteiger partial charge in [0, 0.05) is 25.4 Å². The lowest BCUT2D eigenvalue weighted by atomic mass is 10.3. The molecule has 0 saturated carbocycles. The number of rotatable bonds is 10. The minimum absolute atomic E-state index is 0.397. The fourth-order valence-electron chi connectivity index (χ4n) is 1.54. The van der Waals surface area contributed by atoms with Crippen molar-refractivity contribution in [2.45, 2.75) is 45.6 Å². The normalized spacial score (nSPS) is 12.8. The van der Waals surface area contributed by atoms with Crippen LogP contribution in [0.15, 0.2) is 12.4 Å². The molecule has 4 heteroatoms. The second-order valence-corrected chi connectivity index (χ2v) is 4.33. The van der Waals surface area contributed by atoms with Gasteiger partial charge < -0.3 is 15.0 Å². The van der Waals surface area contributed by atoms with Gasteiger partial charge in [0.05, 0.1) is 6.10 Å². The predicted molar refractivity (Wildman–Crippen MR) is 70.1 cm³/mol. The van der Waals surface area contributed by atoms with Crippen LogP contribution in [0.4, 0.5) is 0 Å². The highest BCUT2D eigenvalue weighted by Crippen LogP contribution is 1.96. The molecular weight excluding hydrogens is 214 g/mol. The largest absolute Gasteiger partial charge is 0.378 e. The number of hydrogen-bond acceptors (Lipinski definition) is 3. The smallest absolute Gasteiger partial charge is 0.106 e. The van der Waals surface area contributed by atoms with Gasteiger partial charge in [0.25, 0.3) is 0 Å². The van der Waals surface area contributed by atoms with E-state index in [9.17, 15) is 0 Å². The van der Waals surface area contributed by atoms with Crippen LogP contribution >= 0.6 is 0 Å². The molecular formula is C13H25N3O. The zero-order chi connectivity index (χ0) is 12.3. The number of aromatic nitrogens is 2. The molecule has 0 spiro atoms. The second-order valence-electron chi connectivity index (χ2n) is 4.33. The van der Waals surface area contributed by atoms with Crippen molar-refractivity contribution < 1.29 is 4.74 Å². The van der Waals surface area contributed by atoms with Crippen LogP contribution in [-0.4, -0.2) is 35.8 Å². The second kappa shape index (κ2) is 9.19. The Kier molecular flexibility index (Phi) is 7.67. The molecule has 98 valence electrons. The zero-order valence-electron chi connectivity index (χ0n) is 11.0. The van der Waals surface area contributed by atoms with Crippen molar-refractivity contribution in [1.82, 2.24) is 15.3 Å². The van der Waals surface area contributed by atoms with Gasteiger partial charge in [0.15, 0.2) is 0 Å². The highest BCUT2D eigenvalue weighted by Gasteiger charge is 1.97. The van der Waals surface area contributed by atoms with Gasteiger partial charge in [-0.3, -0.25) is 0 Å². The third-order valence-electron chi connectivity index (χ3n) is 2.80. The molecule has 0 aliphatic carbocycles. The molecule has 2 N–H and O–H groups in total. The summed E-state index contributed by atoms with van der Waals surface area (Å²) in [6, 6.07) is 0. The van der Waals surface area contributed by atoms with E-state index in [4.69, 9.17) is 4.74 Å². The monoisotopic (exact) mass is 239 g/mol. The van der Waals surface area contributed by atoms with Crippen LogP contribution in [0.25, 0.3) is 0 Å². The maximum absolute atomic E-state index is 5.60. The van der Waals surface area contributed by atoms with Gasteiger partial charge in [-0.25, -0.2) is 4.98 Å². The summed E-state index contributed by atoms with van der Waals surface area (Å²) in [5.41, 5.74) is 0. The lowest BCUT2D eigenvalue weighted by Gasteiger charge is -2.10. The molecule has 1 atom stereocenters. The highest BCUT2D eigenvalue weighted by molar-refractivity contribution is 4.86. The molecule has 1 aromatic heterocycles. The molecule has 0 bridgehead atoms. The van der Waals surface area contributed by atoms with Crippen molar-refractivity contribution >= 4 is 0 Å². The van der Waals surface area contributed by atoms with E-state index >= 15 is 0 Å². The van der Waals surface area contributed by atoms with E-state index in [2.05, 4.69) is 29.1 Å². The van der Waals surface area contributed by atoms with Crippen molar-refractivity contribution in [3.63, 3.8) is 0 Å². The first kappa shape index (κ1) is 14.2. The molecule has 1 aromatic rings. The molecule has 1 unspecified atom stereocenters. The van der Waals surface area contributed by atoms with Crippen molar-refractivity contribution in [3.8, 4) is 0 Å². The average Bonchev–Trinajstić information content (AvgIpc) is 2.85. The van der Waals surface area contributed by atoms with Crippen LogP contribution in [0, 0.1) is 0 Å². The molecule has 1 rings (SSSR count). The van der Waals surface area contributed by atoms with Crippen LogP contribution in [-0.2, 0) is 11.2 Å². The maximum atomic E-state index is 5.60. The maximum Gasteiger partial charge on any atom is 0.106 e. The summed E-state index contributed by atoms with van der Waals surface area (Å²) >= 11 is 0. The standard InChI is InChI=1S/C13H25N3O/c1-3-12(2)17-11-5-8-14-7-4-6-13-15-9-10-16-13/h9-10,12,14H,3-8,11H2,1-2H3,(H,15,16). The third-order valence-corrected chi connectivity index (χ3v) is 2.80. The summed E-state index contributed by atoms with van der Waals surface area (Å²) in [5, 5.41) is 3.42. The minimum atomic E-state index is 0.397. The van der Waals surface area contributed by atoms with Crippen molar-refractivity contribution in [1.29, 1.82) is 0 Å². The molecule has 0 aromatic carbocycles. The molecule has 1 heterocycles. The van der Waals surface area contributed by atoms with E-state index in [0.29, 0.717) is 6.10 Å². The Morgan fingerprint density at radius 3 is 2.94 bits per heavy atom. The van der Waals surface area contributed by atoms with E-state index in [-0.39, 0.29) is 0 Å². The van der Waals surface area contributed by atoms with Crippen LogP contribution in [0.1, 0.15) is 38.9 Å². The minimum Gasteiger partial charge on any atom is -0.378 e. The van der Waals surface area contributed by atoms with E-state index in [1.54, 1.807) is 6.20 Å². The van der Waals surface area contributed by atoms with Crippen molar-refractivity contribution in [3.05, 3.63) is 18.2 Å². The Hall–Kier alpha value is -0.870. The third kappa shape index (κ3) is 7.13. The topological polar surface area (TPSA) is 49.9 Å². The van der Waals surface area contributed by atoms with Gasteiger partial charge >= 0.3 is 0 Å². The van der Waals surface area contributed by atoms with E-state index in [1.165, 1.54) is 0 Å². The summed E-state index contributed by atoms with van der Waals surface area (Å²) in [6.45, 7) is 7.22. The Balaban J connectivity index is 1.82. The molecule has 0 radical (unpaired) electrons. The Labute approximate surface area is 104 Å². The number of hydrogen-bond donors (Lipinski definition) is 2. The molecule has 0 aliphatic heterocycles.